The maximum atomic E-state index is 13.3. The van der Waals surface area contributed by atoms with Gasteiger partial charge in [-0.1, -0.05) is 36.0 Å². The van der Waals surface area contributed by atoms with Crippen molar-refractivity contribution in [3.63, 3.8) is 0 Å². The second kappa shape index (κ2) is 7.56. The molecule has 0 spiro atoms. The average molecular weight is 397 g/mol. The van der Waals surface area contributed by atoms with Crippen LogP contribution in [0.5, 0.6) is 0 Å². The van der Waals surface area contributed by atoms with Crippen molar-refractivity contribution in [3.8, 4) is 0 Å². The minimum Gasteiger partial charge on any atom is -0.291 e. The third kappa shape index (κ3) is 3.68. The molecule has 0 aromatic heterocycles. The molecule has 1 atom stereocenters. The SMILES string of the molecule is O=C1/C(=C/c2ccc(F)cc2)SC(c2ccc(F)cc2)N1c1ccc(F)cc1. The van der Waals surface area contributed by atoms with Gasteiger partial charge >= 0.3 is 0 Å². The summed E-state index contributed by atoms with van der Waals surface area (Å²) >= 11 is 1.31. The second-order valence-corrected chi connectivity index (χ2v) is 7.36. The van der Waals surface area contributed by atoms with E-state index in [4.69, 9.17) is 0 Å². The summed E-state index contributed by atoms with van der Waals surface area (Å²) in [7, 11) is 0. The summed E-state index contributed by atoms with van der Waals surface area (Å²) in [5.41, 5.74) is 1.97. The number of hydrogen-bond donors (Lipinski definition) is 0. The standard InChI is InChI=1S/C22H14F3NOS/c23-16-5-1-14(2-6-16)13-20-21(27)26(19-11-9-18(25)10-12-19)22(28-20)15-3-7-17(24)8-4-15/h1-13,22H/b20-13-. The van der Waals surface area contributed by atoms with Crippen LogP contribution in [0.1, 0.15) is 16.5 Å². The molecule has 0 radical (unpaired) electrons. The Morgan fingerprint density at radius 2 is 1.25 bits per heavy atom. The molecule has 1 aliphatic heterocycles. The van der Waals surface area contributed by atoms with E-state index in [2.05, 4.69) is 0 Å². The van der Waals surface area contributed by atoms with Gasteiger partial charge in [0.15, 0.2) is 0 Å². The van der Waals surface area contributed by atoms with E-state index in [-0.39, 0.29) is 17.5 Å². The van der Waals surface area contributed by atoms with Crippen LogP contribution in [0.2, 0.25) is 0 Å². The Bertz CT molecular complexity index is 1030. The van der Waals surface area contributed by atoms with Crippen molar-refractivity contribution in [1.29, 1.82) is 0 Å². The Hall–Kier alpha value is -2.99. The van der Waals surface area contributed by atoms with Crippen LogP contribution in [0.4, 0.5) is 18.9 Å². The zero-order valence-electron chi connectivity index (χ0n) is 14.5. The molecular formula is C22H14F3NOS. The van der Waals surface area contributed by atoms with Crippen LogP contribution in [-0.2, 0) is 4.79 Å². The van der Waals surface area contributed by atoms with Gasteiger partial charge in [-0.2, -0.15) is 0 Å². The smallest absolute Gasteiger partial charge is 0.266 e. The molecule has 1 fully saturated rings. The highest BCUT2D eigenvalue weighted by atomic mass is 32.2. The first kappa shape index (κ1) is 18.4. The van der Waals surface area contributed by atoms with Crippen molar-refractivity contribution in [1.82, 2.24) is 0 Å². The highest BCUT2D eigenvalue weighted by molar-refractivity contribution is 8.05. The number of thioether (sulfide) groups is 1. The van der Waals surface area contributed by atoms with Gasteiger partial charge in [-0.15, -0.1) is 0 Å². The lowest BCUT2D eigenvalue weighted by Crippen LogP contribution is -2.27. The Labute approximate surface area is 164 Å². The quantitative estimate of drug-likeness (QED) is 0.511. The van der Waals surface area contributed by atoms with Gasteiger partial charge in [-0.05, 0) is 65.7 Å². The first-order valence-electron chi connectivity index (χ1n) is 8.50. The predicted molar refractivity (Wildman–Crippen MR) is 105 cm³/mol. The highest BCUT2D eigenvalue weighted by Gasteiger charge is 2.38. The number of anilines is 1. The van der Waals surface area contributed by atoms with Gasteiger partial charge in [0.2, 0.25) is 0 Å². The fraction of sp³-hybridized carbons (Fsp3) is 0.0455. The van der Waals surface area contributed by atoms with E-state index in [1.165, 1.54) is 60.3 Å². The molecule has 1 amide bonds. The normalized spacial score (nSPS) is 18.1. The number of halogens is 3. The molecule has 0 bridgehead atoms. The Morgan fingerprint density at radius 3 is 1.82 bits per heavy atom. The molecule has 4 rings (SSSR count). The Balaban J connectivity index is 1.75. The highest BCUT2D eigenvalue weighted by Crippen LogP contribution is 2.48. The summed E-state index contributed by atoms with van der Waals surface area (Å²) in [6.07, 6.45) is 1.69. The van der Waals surface area contributed by atoms with Crippen molar-refractivity contribution in [2.24, 2.45) is 0 Å². The van der Waals surface area contributed by atoms with E-state index in [1.807, 2.05) is 0 Å². The molecule has 1 saturated heterocycles. The van der Waals surface area contributed by atoms with E-state index in [9.17, 15) is 18.0 Å². The van der Waals surface area contributed by atoms with Gasteiger partial charge < -0.3 is 0 Å². The van der Waals surface area contributed by atoms with E-state index in [0.29, 0.717) is 16.2 Å². The fourth-order valence-corrected chi connectivity index (χ4v) is 4.21. The molecule has 2 nitrogen and oxygen atoms in total. The molecule has 0 aliphatic carbocycles. The summed E-state index contributed by atoms with van der Waals surface area (Å²) in [6.45, 7) is 0. The van der Waals surface area contributed by atoms with Gasteiger partial charge in [-0.25, -0.2) is 13.2 Å². The second-order valence-electron chi connectivity index (χ2n) is 6.23. The largest absolute Gasteiger partial charge is 0.291 e. The first-order chi connectivity index (χ1) is 13.5. The van der Waals surface area contributed by atoms with E-state index in [1.54, 1.807) is 35.2 Å². The molecule has 0 saturated carbocycles. The molecule has 3 aromatic rings. The van der Waals surface area contributed by atoms with Crippen LogP contribution < -0.4 is 4.90 Å². The molecule has 0 N–H and O–H groups in total. The lowest BCUT2D eigenvalue weighted by atomic mass is 10.1. The van der Waals surface area contributed by atoms with Crippen molar-refractivity contribution < 1.29 is 18.0 Å². The zero-order chi connectivity index (χ0) is 19.7. The molecule has 6 heteroatoms. The van der Waals surface area contributed by atoms with Crippen LogP contribution in [0.15, 0.2) is 77.7 Å². The minimum atomic E-state index is -0.426. The number of nitrogens with zero attached hydrogens (tertiary/aromatic N) is 1. The summed E-state index contributed by atoms with van der Waals surface area (Å²) in [5, 5.41) is -0.426. The van der Waals surface area contributed by atoms with Crippen LogP contribution >= 0.6 is 11.8 Å². The number of carbonyl (C=O) groups excluding carboxylic acids is 1. The molecule has 3 aromatic carbocycles. The lowest BCUT2D eigenvalue weighted by molar-refractivity contribution is -0.114. The molecular weight excluding hydrogens is 383 g/mol. The molecule has 140 valence electrons. The summed E-state index contributed by atoms with van der Waals surface area (Å²) in [4.78, 5) is 15.1. The van der Waals surface area contributed by atoms with Crippen LogP contribution in [0, 0.1) is 17.5 Å². The lowest BCUT2D eigenvalue weighted by Gasteiger charge is -2.23. The van der Waals surface area contributed by atoms with Crippen molar-refractivity contribution in [2.75, 3.05) is 4.90 Å². The van der Waals surface area contributed by atoms with Crippen LogP contribution in [-0.4, -0.2) is 5.91 Å². The maximum Gasteiger partial charge on any atom is 0.266 e. The molecule has 28 heavy (non-hydrogen) atoms. The van der Waals surface area contributed by atoms with Crippen molar-refractivity contribution >= 4 is 29.4 Å². The van der Waals surface area contributed by atoms with Crippen LogP contribution in [0.3, 0.4) is 0 Å². The maximum absolute atomic E-state index is 13.3. The van der Waals surface area contributed by atoms with Gasteiger partial charge in [-0.3, -0.25) is 9.69 Å². The summed E-state index contributed by atoms with van der Waals surface area (Å²) < 4.78 is 39.8. The fourth-order valence-electron chi connectivity index (χ4n) is 2.95. The van der Waals surface area contributed by atoms with Crippen molar-refractivity contribution in [3.05, 3.63) is 106 Å². The van der Waals surface area contributed by atoms with Gasteiger partial charge in [0.25, 0.3) is 5.91 Å². The van der Waals surface area contributed by atoms with E-state index in [0.717, 1.165) is 5.56 Å². The average Bonchev–Trinajstić information content (AvgIpc) is 3.01. The monoisotopic (exact) mass is 397 g/mol. The van der Waals surface area contributed by atoms with Crippen LogP contribution in [0.25, 0.3) is 6.08 Å². The van der Waals surface area contributed by atoms with Gasteiger partial charge in [0, 0.05) is 5.69 Å². The summed E-state index contributed by atoms with van der Waals surface area (Å²) in [5.74, 6) is -1.38. The number of amides is 1. The third-order valence-electron chi connectivity index (χ3n) is 4.33. The zero-order valence-corrected chi connectivity index (χ0v) is 15.3. The van der Waals surface area contributed by atoms with Gasteiger partial charge in [0.1, 0.15) is 22.8 Å². The number of carbonyl (C=O) groups is 1. The third-order valence-corrected chi connectivity index (χ3v) is 5.58. The van der Waals surface area contributed by atoms with Crippen molar-refractivity contribution in [2.45, 2.75) is 5.37 Å². The first-order valence-corrected chi connectivity index (χ1v) is 9.38. The van der Waals surface area contributed by atoms with Gasteiger partial charge in [0.05, 0.1) is 4.91 Å². The molecule has 1 unspecified atom stereocenters. The molecule has 1 heterocycles. The minimum absolute atomic E-state index is 0.254. The summed E-state index contributed by atoms with van der Waals surface area (Å²) in [6, 6.07) is 17.4. The predicted octanol–water partition coefficient (Wildman–Crippen LogP) is 5.92. The number of benzene rings is 3. The topological polar surface area (TPSA) is 20.3 Å². The van der Waals surface area contributed by atoms with E-state index < -0.39 is 11.2 Å². The number of rotatable bonds is 3. The van der Waals surface area contributed by atoms with E-state index >= 15 is 0 Å². The molecule has 1 aliphatic rings. The Kier molecular flexibility index (Phi) is 4.96. The Morgan fingerprint density at radius 1 is 0.750 bits per heavy atom. The number of hydrogen-bond acceptors (Lipinski definition) is 2.